The van der Waals surface area contributed by atoms with Gasteiger partial charge in [0.05, 0.1) is 0 Å². The van der Waals surface area contributed by atoms with Crippen LogP contribution in [0.4, 0.5) is 13.2 Å². The molecule has 0 bridgehead atoms. The highest BCUT2D eigenvalue weighted by Gasteiger charge is 2.28. The quantitative estimate of drug-likeness (QED) is 0.768. The van der Waals surface area contributed by atoms with E-state index in [0.717, 1.165) is 19.6 Å². The summed E-state index contributed by atoms with van der Waals surface area (Å²) in [5.74, 6) is 0.684. The van der Waals surface area contributed by atoms with E-state index in [4.69, 9.17) is 0 Å². The highest BCUT2D eigenvalue weighted by molar-refractivity contribution is 4.78. The molecule has 1 fully saturated rings. The van der Waals surface area contributed by atoms with Crippen molar-refractivity contribution in [2.24, 2.45) is 5.92 Å². The monoisotopic (exact) mass is 294 g/mol. The average Bonchev–Trinajstić information content (AvgIpc) is 2.35. The van der Waals surface area contributed by atoms with Crippen LogP contribution in [0.1, 0.15) is 52.9 Å². The van der Waals surface area contributed by atoms with Gasteiger partial charge in [-0.2, -0.15) is 13.2 Å². The minimum Gasteiger partial charge on any atom is -0.317 e. The second-order valence-corrected chi connectivity index (χ2v) is 6.34. The zero-order chi connectivity index (χ0) is 15.2. The van der Waals surface area contributed by atoms with Crippen LogP contribution in [0.15, 0.2) is 0 Å². The van der Waals surface area contributed by atoms with Gasteiger partial charge in [0.2, 0.25) is 0 Å². The summed E-state index contributed by atoms with van der Waals surface area (Å²) in [6.45, 7) is 9.50. The number of piperidine rings is 1. The lowest BCUT2D eigenvalue weighted by molar-refractivity contribution is -0.136. The smallest absolute Gasteiger partial charge is 0.317 e. The fraction of sp³-hybridized carbons (Fsp3) is 1.00. The molecule has 0 saturated carbocycles. The number of hydrogen-bond acceptors (Lipinski definition) is 2. The van der Waals surface area contributed by atoms with Crippen molar-refractivity contribution in [1.29, 1.82) is 0 Å². The zero-order valence-electron chi connectivity index (χ0n) is 13.0. The molecule has 1 unspecified atom stereocenters. The highest BCUT2D eigenvalue weighted by Crippen LogP contribution is 2.25. The van der Waals surface area contributed by atoms with Crippen molar-refractivity contribution in [1.82, 2.24) is 10.2 Å². The molecular weight excluding hydrogens is 265 g/mol. The SMILES string of the molecule is CC(C)N(CC1CCNCC1)C(C)CCCC(F)(F)F. The second-order valence-electron chi connectivity index (χ2n) is 6.34. The summed E-state index contributed by atoms with van der Waals surface area (Å²) >= 11 is 0. The first-order valence-corrected chi connectivity index (χ1v) is 7.83. The molecule has 0 aromatic rings. The molecule has 1 rings (SSSR count). The summed E-state index contributed by atoms with van der Waals surface area (Å²) in [7, 11) is 0. The Hall–Kier alpha value is -0.290. The predicted octanol–water partition coefficient (Wildman–Crippen LogP) is 3.82. The highest BCUT2D eigenvalue weighted by atomic mass is 19.4. The summed E-state index contributed by atoms with van der Waals surface area (Å²) in [5.41, 5.74) is 0. The van der Waals surface area contributed by atoms with E-state index in [9.17, 15) is 13.2 Å². The zero-order valence-corrected chi connectivity index (χ0v) is 13.0. The predicted molar refractivity (Wildman–Crippen MR) is 76.8 cm³/mol. The Balaban J connectivity index is 2.39. The molecule has 1 heterocycles. The second kappa shape index (κ2) is 8.23. The molecule has 0 aromatic heterocycles. The van der Waals surface area contributed by atoms with Crippen LogP contribution in [0, 0.1) is 5.92 Å². The van der Waals surface area contributed by atoms with Gasteiger partial charge < -0.3 is 5.32 Å². The lowest BCUT2D eigenvalue weighted by atomic mass is 9.95. The Morgan fingerprint density at radius 2 is 1.75 bits per heavy atom. The number of nitrogens with one attached hydrogen (secondary N) is 1. The molecule has 0 amide bonds. The largest absolute Gasteiger partial charge is 0.389 e. The van der Waals surface area contributed by atoms with Crippen LogP contribution >= 0.6 is 0 Å². The molecular formula is C15H29F3N2. The van der Waals surface area contributed by atoms with Crippen molar-refractivity contribution in [3.63, 3.8) is 0 Å². The van der Waals surface area contributed by atoms with Crippen LogP contribution < -0.4 is 5.32 Å². The van der Waals surface area contributed by atoms with Gasteiger partial charge >= 0.3 is 6.18 Å². The van der Waals surface area contributed by atoms with Crippen molar-refractivity contribution >= 4 is 0 Å². The Bertz CT molecular complexity index is 260. The van der Waals surface area contributed by atoms with Crippen molar-refractivity contribution in [3.8, 4) is 0 Å². The van der Waals surface area contributed by atoms with Gasteiger partial charge in [-0.3, -0.25) is 4.90 Å². The van der Waals surface area contributed by atoms with Gasteiger partial charge in [0.1, 0.15) is 0 Å². The molecule has 0 radical (unpaired) electrons. The van der Waals surface area contributed by atoms with E-state index in [-0.39, 0.29) is 12.5 Å². The van der Waals surface area contributed by atoms with Gasteiger partial charge in [0.15, 0.2) is 0 Å². The van der Waals surface area contributed by atoms with Gasteiger partial charge in [0.25, 0.3) is 0 Å². The minimum absolute atomic E-state index is 0.229. The first kappa shape index (κ1) is 17.8. The molecule has 20 heavy (non-hydrogen) atoms. The van der Waals surface area contributed by atoms with E-state index in [0.29, 0.717) is 18.4 Å². The standard InChI is InChI=1S/C15H29F3N2/c1-12(2)20(11-14-6-9-19-10-7-14)13(3)5-4-8-15(16,17)18/h12-14,19H,4-11H2,1-3H3. The van der Waals surface area contributed by atoms with Crippen LogP contribution in [0.25, 0.3) is 0 Å². The van der Waals surface area contributed by atoms with Crippen LogP contribution in [-0.2, 0) is 0 Å². The number of alkyl halides is 3. The number of halogens is 3. The Morgan fingerprint density at radius 1 is 1.15 bits per heavy atom. The summed E-state index contributed by atoms with van der Waals surface area (Å²) in [6.07, 6.45) is -1.45. The molecule has 2 nitrogen and oxygen atoms in total. The van der Waals surface area contributed by atoms with E-state index in [1.54, 1.807) is 0 Å². The van der Waals surface area contributed by atoms with E-state index in [1.807, 2.05) is 0 Å². The van der Waals surface area contributed by atoms with Gasteiger partial charge in [-0.15, -0.1) is 0 Å². The first-order valence-electron chi connectivity index (χ1n) is 7.83. The topological polar surface area (TPSA) is 15.3 Å². The molecule has 0 aliphatic carbocycles. The van der Waals surface area contributed by atoms with Gasteiger partial charge in [0, 0.05) is 25.0 Å². The maximum absolute atomic E-state index is 12.2. The summed E-state index contributed by atoms with van der Waals surface area (Å²) < 4.78 is 36.7. The van der Waals surface area contributed by atoms with Gasteiger partial charge in [-0.1, -0.05) is 0 Å². The van der Waals surface area contributed by atoms with Crippen molar-refractivity contribution in [3.05, 3.63) is 0 Å². The summed E-state index contributed by atoms with van der Waals surface area (Å²) in [4.78, 5) is 2.38. The van der Waals surface area contributed by atoms with Crippen molar-refractivity contribution in [2.75, 3.05) is 19.6 Å². The van der Waals surface area contributed by atoms with Gasteiger partial charge in [-0.05, 0) is 65.5 Å². The number of nitrogens with zero attached hydrogens (tertiary/aromatic N) is 1. The third-order valence-corrected chi connectivity index (χ3v) is 4.24. The molecule has 0 spiro atoms. The molecule has 1 aliphatic heterocycles. The molecule has 120 valence electrons. The number of hydrogen-bond donors (Lipinski definition) is 1. The first-order chi connectivity index (χ1) is 9.29. The third-order valence-electron chi connectivity index (χ3n) is 4.24. The van der Waals surface area contributed by atoms with E-state index in [2.05, 4.69) is 31.0 Å². The van der Waals surface area contributed by atoms with Crippen LogP contribution in [-0.4, -0.2) is 42.8 Å². The maximum atomic E-state index is 12.2. The Morgan fingerprint density at radius 3 is 2.25 bits per heavy atom. The molecule has 5 heteroatoms. The fourth-order valence-electron chi connectivity index (χ4n) is 3.03. The Kier molecular flexibility index (Phi) is 7.30. The molecule has 1 saturated heterocycles. The van der Waals surface area contributed by atoms with Crippen molar-refractivity contribution < 1.29 is 13.2 Å². The Labute approximate surface area is 121 Å². The van der Waals surface area contributed by atoms with Crippen LogP contribution in [0.3, 0.4) is 0 Å². The third kappa shape index (κ3) is 6.93. The normalized spacial score (nSPS) is 19.8. The molecule has 1 aliphatic rings. The minimum atomic E-state index is -4.02. The van der Waals surface area contributed by atoms with Gasteiger partial charge in [-0.25, -0.2) is 0 Å². The van der Waals surface area contributed by atoms with Crippen molar-refractivity contribution in [2.45, 2.75) is 71.1 Å². The van der Waals surface area contributed by atoms with E-state index >= 15 is 0 Å². The lowest BCUT2D eigenvalue weighted by Crippen LogP contribution is -2.44. The lowest BCUT2D eigenvalue weighted by Gasteiger charge is -2.37. The molecule has 1 N–H and O–H groups in total. The maximum Gasteiger partial charge on any atom is 0.389 e. The average molecular weight is 294 g/mol. The fourth-order valence-corrected chi connectivity index (χ4v) is 3.03. The summed E-state index contributed by atoms with van der Waals surface area (Å²) in [5, 5.41) is 3.35. The van der Waals surface area contributed by atoms with Crippen LogP contribution in [0.2, 0.25) is 0 Å². The number of rotatable bonds is 7. The van der Waals surface area contributed by atoms with Crippen LogP contribution in [0.5, 0.6) is 0 Å². The summed E-state index contributed by atoms with van der Waals surface area (Å²) in [6, 6.07) is 0.623. The molecule has 0 aromatic carbocycles. The van der Waals surface area contributed by atoms with E-state index in [1.165, 1.54) is 12.8 Å². The molecule has 1 atom stereocenters. The van der Waals surface area contributed by atoms with E-state index < -0.39 is 12.6 Å².